The molecule has 0 fully saturated rings. The minimum absolute atomic E-state index is 0.0859. The fraction of sp³-hybridized carbons (Fsp3) is 0.0769. The predicted molar refractivity (Wildman–Crippen MR) is 229 cm³/mol. The van der Waals surface area contributed by atoms with Gasteiger partial charge in [0.1, 0.15) is 0 Å². The van der Waals surface area contributed by atoms with Gasteiger partial charge in [-0.3, -0.25) is 0 Å². The van der Waals surface area contributed by atoms with Crippen molar-refractivity contribution >= 4 is 49.4 Å². The number of hydrogen-bond acceptors (Lipinski definition) is 1. The Labute approximate surface area is 312 Å². The SMILES string of the molecule is CC(C)(C)c1ccc(N(c2ccccc2)c2ccc(-c3c(-c4ccccc4)cc(-c4ccccc4)c4c5ccccc5c5ccccc5c34)cc2)cc1. The van der Waals surface area contributed by atoms with Crippen molar-refractivity contribution in [3.05, 3.63) is 200 Å². The Morgan fingerprint density at radius 3 is 1.28 bits per heavy atom. The van der Waals surface area contributed by atoms with Gasteiger partial charge in [-0.25, -0.2) is 0 Å². The summed E-state index contributed by atoms with van der Waals surface area (Å²) in [5.74, 6) is 0. The Kier molecular flexibility index (Phi) is 8.13. The Bertz CT molecular complexity index is 2700. The number of benzene rings is 9. The van der Waals surface area contributed by atoms with Crippen LogP contribution in [0.25, 0.3) is 65.7 Å². The maximum atomic E-state index is 2.44. The third-order valence-electron chi connectivity index (χ3n) is 10.6. The van der Waals surface area contributed by atoms with Crippen LogP contribution in [0.15, 0.2) is 194 Å². The Morgan fingerprint density at radius 2 is 0.755 bits per heavy atom. The molecule has 0 saturated carbocycles. The second kappa shape index (κ2) is 13.3. The van der Waals surface area contributed by atoms with Gasteiger partial charge in [-0.15, -0.1) is 0 Å². The van der Waals surface area contributed by atoms with Gasteiger partial charge in [-0.2, -0.15) is 0 Å². The summed E-state index contributed by atoms with van der Waals surface area (Å²) >= 11 is 0. The zero-order chi connectivity index (χ0) is 35.9. The smallest absolute Gasteiger partial charge is 0.0462 e. The molecule has 1 nitrogen and oxygen atoms in total. The van der Waals surface area contributed by atoms with Gasteiger partial charge >= 0.3 is 0 Å². The molecule has 0 aliphatic rings. The second-order valence-corrected chi connectivity index (χ2v) is 14.9. The summed E-state index contributed by atoms with van der Waals surface area (Å²) in [6, 6.07) is 71.0. The lowest BCUT2D eigenvalue weighted by atomic mass is 9.81. The molecule has 0 bridgehead atoms. The average molecular weight is 680 g/mol. The van der Waals surface area contributed by atoms with E-state index in [1.54, 1.807) is 0 Å². The van der Waals surface area contributed by atoms with Crippen LogP contribution in [0.3, 0.4) is 0 Å². The van der Waals surface area contributed by atoms with E-state index in [0.717, 1.165) is 17.1 Å². The monoisotopic (exact) mass is 679 g/mol. The van der Waals surface area contributed by atoms with Gasteiger partial charge in [0.05, 0.1) is 0 Å². The highest BCUT2D eigenvalue weighted by molar-refractivity contribution is 6.32. The van der Waals surface area contributed by atoms with Gasteiger partial charge in [0.15, 0.2) is 0 Å². The van der Waals surface area contributed by atoms with Crippen molar-refractivity contribution in [2.24, 2.45) is 0 Å². The van der Waals surface area contributed by atoms with Crippen molar-refractivity contribution in [2.45, 2.75) is 26.2 Å². The van der Waals surface area contributed by atoms with Gasteiger partial charge in [0.2, 0.25) is 0 Å². The van der Waals surface area contributed by atoms with Crippen LogP contribution in [-0.4, -0.2) is 0 Å². The van der Waals surface area contributed by atoms with Crippen LogP contribution < -0.4 is 4.90 Å². The fourth-order valence-electron chi connectivity index (χ4n) is 8.01. The molecule has 0 aromatic heterocycles. The minimum atomic E-state index is 0.0859. The molecule has 9 aromatic carbocycles. The van der Waals surface area contributed by atoms with Crippen LogP contribution in [0, 0.1) is 0 Å². The first-order valence-electron chi connectivity index (χ1n) is 18.5. The van der Waals surface area contributed by atoms with Crippen LogP contribution in [0.1, 0.15) is 26.3 Å². The van der Waals surface area contributed by atoms with E-state index in [9.17, 15) is 0 Å². The molecule has 1 heteroatoms. The van der Waals surface area contributed by atoms with E-state index >= 15 is 0 Å². The van der Waals surface area contributed by atoms with Crippen LogP contribution in [0.5, 0.6) is 0 Å². The summed E-state index contributed by atoms with van der Waals surface area (Å²) in [6.45, 7) is 6.80. The molecular formula is C52H41N. The number of anilines is 3. The highest BCUT2D eigenvalue weighted by atomic mass is 15.1. The van der Waals surface area contributed by atoms with Crippen molar-refractivity contribution < 1.29 is 0 Å². The highest BCUT2D eigenvalue weighted by Crippen LogP contribution is 2.49. The standard InChI is InChI=1S/C52H41N/c1-52(2,3)39-29-33-42(34-30-39)53(40-21-11-6-12-22-40)41-31-27-38(28-32-41)49-47(36-17-7-4-8-18-36)35-48(37-19-9-5-10-20-37)50-45-25-15-13-23-43(45)44-24-14-16-26-46(44)51(49)50/h4-35H,1-3H3. The van der Waals surface area contributed by atoms with Crippen LogP contribution in [0.2, 0.25) is 0 Å². The lowest BCUT2D eigenvalue weighted by Gasteiger charge is -2.27. The van der Waals surface area contributed by atoms with E-state index in [1.807, 2.05) is 0 Å². The van der Waals surface area contributed by atoms with Crippen LogP contribution >= 0.6 is 0 Å². The molecule has 0 aliphatic carbocycles. The summed E-state index contributed by atoms with van der Waals surface area (Å²) in [5, 5.41) is 7.65. The average Bonchev–Trinajstić information content (AvgIpc) is 3.21. The first-order valence-corrected chi connectivity index (χ1v) is 18.5. The van der Waals surface area contributed by atoms with E-state index in [-0.39, 0.29) is 5.41 Å². The third-order valence-corrected chi connectivity index (χ3v) is 10.6. The number of hydrogen-bond donors (Lipinski definition) is 0. The molecule has 53 heavy (non-hydrogen) atoms. The van der Waals surface area contributed by atoms with Gasteiger partial charge in [0, 0.05) is 17.1 Å². The van der Waals surface area contributed by atoms with Crippen LogP contribution in [-0.2, 0) is 5.41 Å². The first kappa shape index (κ1) is 32.5. The molecule has 0 unspecified atom stereocenters. The van der Waals surface area contributed by atoms with Crippen LogP contribution in [0.4, 0.5) is 17.1 Å². The van der Waals surface area contributed by atoms with Crippen molar-refractivity contribution in [3.63, 3.8) is 0 Å². The van der Waals surface area contributed by atoms with Gasteiger partial charge in [0.25, 0.3) is 0 Å². The maximum absolute atomic E-state index is 2.44. The molecule has 0 aliphatic heterocycles. The summed E-state index contributed by atoms with van der Waals surface area (Å²) in [7, 11) is 0. The Hall–Kier alpha value is -6.44. The molecule has 254 valence electrons. The molecule has 0 saturated heterocycles. The lowest BCUT2D eigenvalue weighted by molar-refractivity contribution is 0.590. The molecule has 0 N–H and O–H groups in total. The zero-order valence-electron chi connectivity index (χ0n) is 30.4. The molecular weight excluding hydrogens is 639 g/mol. The van der Waals surface area contributed by atoms with E-state index in [1.165, 1.54) is 71.3 Å². The molecule has 0 heterocycles. The van der Waals surface area contributed by atoms with Crippen molar-refractivity contribution in [1.29, 1.82) is 0 Å². The third kappa shape index (κ3) is 5.85. The van der Waals surface area contributed by atoms with Gasteiger partial charge in [-0.1, -0.05) is 172 Å². The summed E-state index contributed by atoms with van der Waals surface area (Å²) < 4.78 is 0. The van der Waals surface area contributed by atoms with E-state index in [2.05, 4.69) is 220 Å². The molecule has 0 amide bonds. The molecule has 9 rings (SSSR count). The number of rotatable bonds is 6. The van der Waals surface area contributed by atoms with Gasteiger partial charge < -0.3 is 4.90 Å². The highest BCUT2D eigenvalue weighted by Gasteiger charge is 2.22. The largest absolute Gasteiger partial charge is 0.311 e. The van der Waals surface area contributed by atoms with Gasteiger partial charge in [-0.05, 0) is 119 Å². The fourth-order valence-corrected chi connectivity index (χ4v) is 8.01. The number of fused-ring (bicyclic) bond motifs is 6. The van der Waals surface area contributed by atoms with E-state index in [4.69, 9.17) is 0 Å². The predicted octanol–water partition coefficient (Wildman–Crippen LogP) is 14.9. The second-order valence-electron chi connectivity index (χ2n) is 14.9. The quantitative estimate of drug-likeness (QED) is 0.158. The van der Waals surface area contributed by atoms with Crippen molar-refractivity contribution in [1.82, 2.24) is 0 Å². The molecule has 0 atom stereocenters. The molecule has 0 spiro atoms. The summed E-state index contributed by atoms with van der Waals surface area (Å²) in [4.78, 5) is 2.36. The molecule has 9 aromatic rings. The van der Waals surface area contributed by atoms with E-state index < -0.39 is 0 Å². The van der Waals surface area contributed by atoms with Crippen molar-refractivity contribution in [2.75, 3.05) is 4.90 Å². The maximum Gasteiger partial charge on any atom is 0.0462 e. The topological polar surface area (TPSA) is 3.24 Å². The summed E-state index contributed by atoms with van der Waals surface area (Å²) in [6.07, 6.45) is 0. The zero-order valence-corrected chi connectivity index (χ0v) is 30.4. The first-order chi connectivity index (χ1) is 26.0. The van der Waals surface area contributed by atoms with Crippen molar-refractivity contribution in [3.8, 4) is 33.4 Å². The number of para-hydroxylation sites is 1. The minimum Gasteiger partial charge on any atom is -0.311 e. The van der Waals surface area contributed by atoms with E-state index in [0.29, 0.717) is 0 Å². The number of nitrogens with zero attached hydrogens (tertiary/aromatic N) is 1. The lowest BCUT2D eigenvalue weighted by Crippen LogP contribution is -2.13. The normalized spacial score (nSPS) is 11.7. The summed E-state index contributed by atoms with van der Waals surface area (Å²) in [5.41, 5.74) is 12.1. The Morgan fingerprint density at radius 1 is 0.340 bits per heavy atom. The molecule has 0 radical (unpaired) electrons. The Balaban J connectivity index is 1.33.